The molecule has 0 unspecified atom stereocenters. The fourth-order valence-corrected chi connectivity index (χ4v) is 2.73. The molecule has 0 heterocycles. The fraction of sp³-hybridized carbons (Fsp3) is 0.429. The first-order chi connectivity index (χ1) is 14.2. The number of aliphatic hydroxyl groups is 2. The van der Waals surface area contributed by atoms with Crippen LogP contribution in [0.5, 0.6) is 5.75 Å². The van der Waals surface area contributed by atoms with Crippen LogP contribution in [0.1, 0.15) is 17.5 Å². The van der Waals surface area contributed by atoms with Gasteiger partial charge in [-0.1, -0.05) is 47.6 Å². The van der Waals surface area contributed by atoms with Crippen LogP contribution in [-0.4, -0.2) is 48.8 Å². The first-order valence-electron chi connectivity index (χ1n) is 9.35. The molecular formula is C21H27N3O5. The van der Waals surface area contributed by atoms with Gasteiger partial charge in [-0.3, -0.25) is 0 Å². The van der Waals surface area contributed by atoms with E-state index < -0.39 is 24.9 Å². The number of ether oxygens (including phenoxy) is 3. The van der Waals surface area contributed by atoms with Gasteiger partial charge in [0.15, 0.2) is 0 Å². The number of benzene rings is 2. The van der Waals surface area contributed by atoms with E-state index >= 15 is 0 Å². The molecule has 0 aliphatic heterocycles. The van der Waals surface area contributed by atoms with E-state index in [0.29, 0.717) is 13.2 Å². The van der Waals surface area contributed by atoms with Gasteiger partial charge in [-0.05, 0) is 28.8 Å². The van der Waals surface area contributed by atoms with Crippen molar-refractivity contribution in [3.63, 3.8) is 0 Å². The highest BCUT2D eigenvalue weighted by atomic mass is 16.5. The minimum absolute atomic E-state index is 0.162. The van der Waals surface area contributed by atoms with Crippen LogP contribution in [0.3, 0.4) is 0 Å². The lowest BCUT2D eigenvalue weighted by atomic mass is 10.1. The zero-order chi connectivity index (χ0) is 20.9. The van der Waals surface area contributed by atoms with E-state index in [2.05, 4.69) is 10.0 Å². The van der Waals surface area contributed by atoms with Crippen molar-refractivity contribution in [2.75, 3.05) is 20.3 Å². The summed E-state index contributed by atoms with van der Waals surface area (Å²) in [4.78, 5) is 2.67. The van der Waals surface area contributed by atoms with Crippen molar-refractivity contribution < 1.29 is 24.4 Å². The van der Waals surface area contributed by atoms with Crippen LogP contribution < -0.4 is 4.74 Å². The van der Waals surface area contributed by atoms with Gasteiger partial charge in [0.25, 0.3) is 0 Å². The Morgan fingerprint density at radius 1 is 1.03 bits per heavy atom. The van der Waals surface area contributed by atoms with Gasteiger partial charge in [-0.25, -0.2) is 0 Å². The zero-order valence-electron chi connectivity index (χ0n) is 16.4. The van der Waals surface area contributed by atoms with Crippen molar-refractivity contribution in [1.82, 2.24) is 0 Å². The lowest BCUT2D eigenvalue weighted by Gasteiger charge is -2.23. The van der Waals surface area contributed by atoms with E-state index in [4.69, 9.17) is 19.7 Å². The molecule has 0 saturated carbocycles. The number of azide groups is 1. The second-order valence-corrected chi connectivity index (χ2v) is 6.54. The molecule has 0 fully saturated rings. The summed E-state index contributed by atoms with van der Waals surface area (Å²) in [6.45, 7) is 0.540. The Bertz CT molecular complexity index is 751. The van der Waals surface area contributed by atoms with Crippen LogP contribution in [0.25, 0.3) is 10.4 Å². The standard InChI is InChI=1S/C21H27N3O5/c1-27-18-9-7-17(8-10-18)14-29-19(11-21(26)20(12-25)23-24-22)15-28-13-16-5-3-2-4-6-16/h2-10,19-21,25-26H,11-15H2,1H3/t19-,20-,21+/m1/s1. The molecule has 0 aromatic heterocycles. The Kier molecular flexibility index (Phi) is 9.99. The summed E-state index contributed by atoms with van der Waals surface area (Å²) in [6, 6.07) is 16.3. The average molecular weight is 401 g/mol. The van der Waals surface area contributed by atoms with Crippen molar-refractivity contribution in [2.45, 2.75) is 37.9 Å². The van der Waals surface area contributed by atoms with Crippen molar-refractivity contribution in [2.24, 2.45) is 5.11 Å². The van der Waals surface area contributed by atoms with E-state index in [1.807, 2.05) is 54.6 Å². The predicted octanol–water partition coefficient (Wildman–Crippen LogP) is 3.22. The molecule has 8 heteroatoms. The largest absolute Gasteiger partial charge is 0.497 e. The summed E-state index contributed by atoms with van der Waals surface area (Å²) in [5, 5.41) is 23.1. The summed E-state index contributed by atoms with van der Waals surface area (Å²) >= 11 is 0. The van der Waals surface area contributed by atoms with Gasteiger partial charge in [-0.15, -0.1) is 0 Å². The van der Waals surface area contributed by atoms with Gasteiger partial charge in [0, 0.05) is 11.3 Å². The first-order valence-corrected chi connectivity index (χ1v) is 9.35. The van der Waals surface area contributed by atoms with Crippen molar-refractivity contribution in [3.05, 3.63) is 76.2 Å². The zero-order valence-corrected chi connectivity index (χ0v) is 16.4. The molecule has 0 amide bonds. The molecule has 0 saturated heterocycles. The molecule has 2 N–H and O–H groups in total. The van der Waals surface area contributed by atoms with Gasteiger partial charge in [0.05, 0.1) is 51.8 Å². The third-order valence-corrected chi connectivity index (χ3v) is 4.40. The van der Waals surface area contributed by atoms with Crippen molar-refractivity contribution >= 4 is 0 Å². The van der Waals surface area contributed by atoms with E-state index in [1.165, 1.54) is 0 Å². The van der Waals surface area contributed by atoms with E-state index in [-0.39, 0.29) is 13.0 Å². The summed E-state index contributed by atoms with van der Waals surface area (Å²) in [5.74, 6) is 0.757. The quantitative estimate of drug-likeness (QED) is 0.304. The number of rotatable bonds is 13. The monoisotopic (exact) mass is 401 g/mol. The molecule has 2 aromatic carbocycles. The van der Waals surface area contributed by atoms with Gasteiger partial charge >= 0.3 is 0 Å². The van der Waals surface area contributed by atoms with Crippen LogP contribution in [0, 0.1) is 0 Å². The number of aliphatic hydroxyl groups excluding tert-OH is 2. The van der Waals surface area contributed by atoms with Crippen LogP contribution in [0.2, 0.25) is 0 Å². The molecule has 0 spiro atoms. The molecule has 29 heavy (non-hydrogen) atoms. The third kappa shape index (κ3) is 8.11. The summed E-state index contributed by atoms with van der Waals surface area (Å²) in [7, 11) is 1.61. The Balaban J connectivity index is 1.95. The van der Waals surface area contributed by atoms with Crippen molar-refractivity contribution in [1.29, 1.82) is 0 Å². The maximum Gasteiger partial charge on any atom is 0.118 e. The van der Waals surface area contributed by atoms with Crippen LogP contribution in [-0.2, 0) is 22.7 Å². The molecule has 2 rings (SSSR count). The Hall–Kier alpha value is -2.61. The molecular weight excluding hydrogens is 374 g/mol. The maximum absolute atomic E-state index is 10.3. The third-order valence-electron chi connectivity index (χ3n) is 4.40. The topological polar surface area (TPSA) is 117 Å². The Morgan fingerprint density at radius 3 is 2.34 bits per heavy atom. The van der Waals surface area contributed by atoms with Crippen LogP contribution >= 0.6 is 0 Å². The minimum Gasteiger partial charge on any atom is -0.497 e. The van der Waals surface area contributed by atoms with Gasteiger partial charge in [-0.2, -0.15) is 0 Å². The average Bonchev–Trinajstić information content (AvgIpc) is 2.76. The highest BCUT2D eigenvalue weighted by Crippen LogP contribution is 2.16. The van der Waals surface area contributed by atoms with Crippen LogP contribution in [0.4, 0.5) is 0 Å². The van der Waals surface area contributed by atoms with E-state index in [9.17, 15) is 10.2 Å². The molecule has 3 atom stereocenters. The Morgan fingerprint density at radius 2 is 1.72 bits per heavy atom. The van der Waals surface area contributed by atoms with Crippen molar-refractivity contribution in [3.8, 4) is 5.75 Å². The fourth-order valence-electron chi connectivity index (χ4n) is 2.73. The summed E-state index contributed by atoms with van der Waals surface area (Å²) in [6.07, 6.45) is -1.33. The molecule has 156 valence electrons. The molecule has 8 nitrogen and oxygen atoms in total. The highest BCUT2D eigenvalue weighted by molar-refractivity contribution is 5.26. The predicted molar refractivity (Wildman–Crippen MR) is 108 cm³/mol. The smallest absolute Gasteiger partial charge is 0.118 e. The van der Waals surface area contributed by atoms with Gasteiger partial charge in [0.1, 0.15) is 5.75 Å². The number of hydrogen-bond donors (Lipinski definition) is 2. The maximum atomic E-state index is 10.3. The first kappa shape index (κ1) is 22.7. The summed E-state index contributed by atoms with van der Waals surface area (Å²) in [5.41, 5.74) is 10.6. The van der Waals surface area contributed by atoms with Gasteiger partial charge < -0.3 is 24.4 Å². The SMILES string of the molecule is COc1ccc(CO[C@@H](COCc2ccccc2)C[C@H](O)[C@@H](CO)N=[N+]=[N-])cc1. The van der Waals surface area contributed by atoms with E-state index in [0.717, 1.165) is 16.9 Å². The molecule has 0 bridgehead atoms. The second-order valence-electron chi connectivity index (χ2n) is 6.54. The Labute approximate surface area is 170 Å². The molecule has 0 aliphatic rings. The molecule has 2 aromatic rings. The second kappa shape index (κ2) is 12.8. The lowest BCUT2D eigenvalue weighted by Crippen LogP contribution is -2.34. The normalized spacial score (nSPS) is 13.9. The number of methoxy groups -OCH3 is 1. The highest BCUT2D eigenvalue weighted by Gasteiger charge is 2.22. The minimum atomic E-state index is -1.04. The number of hydrogen-bond acceptors (Lipinski definition) is 6. The molecule has 0 radical (unpaired) electrons. The summed E-state index contributed by atoms with van der Waals surface area (Å²) < 4.78 is 16.8. The van der Waals surface area contributed by atoms with E-state index in [1.54, 1.807) is 7.11 Å². The number of nitrogens with zero attached hydrogens (tertiary/aromatic N) is 3. The van der Waals surface area contributed by atoms with Gasteiger partial charge in [0.2, 0.25) is 0 Å². The van der Waals surface area contributed by atoms with Crippen LogP contribution in [0.15, 0.2) is 59.7 Å². The lowest BCUT2D eigenvalue weighted by molar-refractivity contribution is -0.0556. The molecule has 0 aliphatic carbocycles.